The molecule has 1 aromatic heterocycles. The number of carbonyl (C=O) groups is 1. The van der Waals surface area contributed by atoms with E-state index < -0.39 is 0 Å². The molecule has 2 unspecified atom stereocenters. The number of carbonyl (C=O) groups excluding carboxylic acids is 1. The molecule has 0 saturated heterocycles. The molecular formula is C12H20N4O2. The van der Waals surface area contributed by atoms with Crippen molar-refractivity contribution in [2.24, 2.45) is 5.41 Å². The monoisotopic (exact) mass is 252 g/mol. The molecule has 0 spiro atoms. The maximum atomic E-state index is 12.0. The second-order valence-electron chi connectivity index (χ2n) is 5.27. The van der Waals surface area contributed by atoms with Gasteiger partial charge in [-0.1, -0.05) is 20.8 Å². The van der Waals surface area contributed by atoms with E-state index in [4.69, 9.17) is 4.74 Å². The lowest BCUT2D eigenvalue weighted by atomic mass is 9.64. The van der Waals surface area contributed by atoms with Crippen LogP contribution in [0.15, 0.2) is 0 Å². The summed E-state index contributed by atoms with van der Waals surface area (Å²) < 4.78 is 5.35. The van der Waals surface area contributed by atoms with Crippen molar-refractivity contribution < 1.29 is 9.53 Å². The lowest BCUT2D eigenvalue weighted by Gasteiger charge is -2.51. The van der Waals surface area contributed by atoms with Crippen LogP contribution in [0.25, 0.3) is 0 Å². The zero-order valence-corrected chi connectivity index (χ0v) is 11.3. The number of aromatic nitrogens is 3. The molecular weight excluding hydrogens is 232 g/mol. The van der Waals surface area contributed by atoms with Crippen LogP contribution < -0.4 is 5.32 Å². The lowest BCUT2D eigenvalue weighted by molar-refractivity contribution is -0.0943. The van der Waals surface area contributed by atoms with Crippen molar-refractivity contribution in [1.29, 1.82) is 0 Å². The van der Waals surface area contributed by atoms with Gasteiger partial charge in [0, 0.05) is 25.0 Å². The van der Waals surface area contributed by atoms with Crippen molar-refractivity contribution in [2.75, 3.05) is 7.11 Å². The molecule has 1 aliphatic carbocycles. The molecule has 0 bridgehead atoms. The number of rotatable bonds is 4. The third-order valence-corrected chi connectivity index (χ3v) is 3.84. The van der Waals surface area contributed by atoms with Gasteiger partial charge >= 0.3 is 0 Å². The van der Waals surface area contributed by atoms with Gasteiger partial charge in [-0.25, -0.2) is 4.98 Å². The Morgan fingerprint density at radius 2 is 2.33 bits per heavy atom. The Morgan fingerprint density at radius 1 is 1.61 bits per heavy atom. The Bertz CT molecular complexity index is 441. The van der Waals surface area contributed by atoms with Gasteiger partial charge in [-0.05, 0) is 6.42 Å². The highest BCUT2D eigenvalue weighted by molar-refractivity contribution is 5.90. The Labute approximate surface area is 107 Å². The maximum Gasteiger partial charge on any atom is 0.291 e. The van der Waals surface area contributed by atoms with Crippen LogP contribution in [-0.4, -0.2) is 40.3 Å². The van der Waals surface area contributed by atoms with Crippen molar-refractivity contribution >= 4 is 5.91 Å². The second-order valence-corrected chi connectivity index (χ2v) is 5.27. The molecule has 2 atom stereocenters. The van der Waals surface area contributed by atoms with Crippen LogP contribution >= 0.6 is 0 Å². The van der Waals surface area contributed by atoms with Gasteiger partial charge in [-0.2, -0.15) is 0 Å². The van der Waals surface area contributed by atoms with Crippen molar-refractivity contribution in [3.63, 3.8) is 0 Å². The summed E-state index contributed by atoms with van der Waals surface area (Å²) in [6.45, 7) is 6.14. The second kappa shape index (κ2) is 4.68. The SMILES string of the molecule is CCc1nc(C(=O)NC2CC(OC)C2(C)C)n[nH]1. The number of nitrogens with zero attached hydrogens (tertiary/aromatic N) is 2. The number of hydrogen-bond donors (Lipinski definition) is 2. The van der Waals surface area contributed by atoms with E-state index in [1.165, 1.54) is 0 Å². The van der Waals surface area contributed by atoms with E-state index >= 15 is 0 Å². The summed E-state index contributed by atoms with van der Waals surface area (Å²) in [5.41, 5.74) is -0.0473. The Balaban J connectivity index is 1.97. The number of amides is 1. The van der Waals surface area contributed by atoms with Crippen molar-refractivity contribution in [2.45, 2.75) is 45.8 Å². The van der Waals surface area contributed by atoms with E-state index in [0.717, 1.165) is 18.7 Å². The third kappa shape index (κ3) is 2.12. The molecule has 6 heteroatoms. The normalized spacial score (nSPS) is 25.6. The van der Waals surface area contributed by atoms with Crippen LogP contribution in [0.5, 0.6) is 0 Å². The molecule has 1 aliphatic rings. The summed E-state index contributed by atoms with van der Waals surface area (Å²) in [5, 5.41) is 9.61. The fourth-order valence-corrected chi connectivity index (χ4v) is 2.31. The average molecular weight is 252 g/mol. The summed E-state index contributed by atoms with van der Waals surface area (Å²) >= 11 is 0. The molecule has 0 radical (unpaired) electrons. The maximum absolute atomic E-state index is 12.0. The molecule has 1 heterocycles. The summed E-state index contributed by atoms with van der Waals surface area (Å²) in [6.07, 6.45) is 1.77. The predicted octanol–water partition coefficient (Wildman–Crippen LogP) is 0.910. The largest absolute Gasteiger partial charge is 0.381 e. The average Bonchev–Trinajstić information content (AvgIpc) is 2.82. The number of ether oxygens (including phenoxy) is 1. The van der Waals surface area contributed by atoms with Crippen LogP contribution in [0.4, 0.5) is 0 Å². The lowest BCUT2D eigenvalue weighted by Crippen LogP contribution is -2.61. The Morgan fingerprint density at radius 3 is 2.83 bits per heavy atom. The van der Waals surface area contributed by atoms with Gasteiger partial charge in [0.15, 0.2) is 0 Å². The standard InChI is InChI=1S/C12H20N4O2/c1-5-9-14-10(16-15-9)11(17)13-7-6-8(18-4)12(7,2)3/h7-8H,5-6H2,1-4H3,(H,13,17)(H,14,15,16). The molecule has 0 aliphatic heterocycles. The van der Waals surface area contributed by atoms with E-state index in [0.29, 0.717) is 0 Å². The van der Waals surface area contributed by atoms with E-state index in [1.807, 2.05) is 6.92 Å². The predicted molar refractivity (Wildman–Crippen MR) is 66.2 cm³/mol. The summed E-state index contributed by atoms with van der Waals surface area (Å²) in [5.74, 6) is 0.713. The first-order valence-corrected chi connectivity index (χ1v) is 6.24. The van der Waals surface area contributed by atoms with Crippen molar-refractivity contribution in [3.05, 3.63) is 11.6 Å². The number of H-pyrrole nitrogens is 1. The highest BCUT2D eigenvalue weighted by Crippen LogP contribution is 2.42. The van der Waals surface area contributed by atoms with Crippen molar-refractivity contribution in [3.8, 4) is 0 Å². The fraction of sp³-hybridized carbons (Fsp3) is 0.750. The minimum Gasteiger partial charge on any atom is -0.381 e. The summed E-state index contributed by atoms with van der Waals surface area (Å²) in [4.78, 5) is 16.1. The zero-order valence-electron chi connectivity index (χ0n) is 11.3. The smallest absolute Gasteiger partial charge is 0.291 e. The van der Waals surface area contributed by atoms with E-state index in [9.17, 15) is 4.79 Å². The minimum atomic E-state index is -0.224. The van der Waals surface area contributed by atoms with E-state index in [-0.39, 0.29) is 29.3 Å². The van der Waals surface area contributed by atoms with Crippen LogP contribution in [0.1, 0.15) is 43.6 Å². The van der Waals surface area contributed by atoms with Crippen LogP contribution in [0.2, 0.25) is 0 Å². The fourth-order valence-electron chi connectivity index (χ4n) is 2.31. The first-order chi connectivity index (χ1) is 8.48. The zero-order chi connectivity index (χ0) is 13.3. The van der Waals surface area contributed by atoms with Gasteiger partial charge in [0.1, 0.15) is 5.82 Å². The number of nitrogens with one attached hydrogen (secondary N) is 2. The molecule has 100 valence electrons. The van der Waals surface area contributed by atoms with Gasteiger partial charge < -0.3 is 10.1 Å². The van der Waals surface area contributed by atoms with Gasteiger partial charge in [-0.3, -0.25) is 9.89 Å². The Kier molecular flexibility index (Phi) is 3.38. The summed E-state index contributed by atoms with van der Waals surface area (Å²) in [6, 6.07) is 0.110. The number of aromatic amines is 1. The number of aryl methyl sites for hydroxylation is 1. The quantitative estimate of drug-likeness (QED) is 0.834. The molecule has 18 heavy (non-hydrogen) atoms. The van der Waals surface area contributed by atoms with Gasteiger partial charge in [-0.15, -0.1) is 5.10 Å². The number of methoxy groups -OCH3 is 1. The summed E-state index contributed by atoms with van der Waals surface area (Å²) in [7, 11) is 1.70. The van der Waals surface area contributed by atoms with Crippen LogP contribution in [0.3, 0.4) is 0 Å². The molecule has 1 saturated carbocycles. The Hall–Kier alpha value is -1.43. The van der Waals surface area contributed by atoms with Crippen LogP contribution in [0, 0.1) is 5.41 Å². The first-order valence-electron chi connectivity index (χ1n) is 6.24. The molecule has 0 aromatic carbocycles. The topological polar surface area (TPSA) is 79.9 Å². The molecule has 2 N–H and O–H groups in total. The molecule has 6 nitrogen and oxygen atoms in total. The van der Waals surface area contributed by atoms with E-state index in [1.54, 1.807) is 7.11 Å². The highest BCUT2D eigenvalue weighted by atomic mass is 16.5. The minimum absolute atomic E-state index is 0.0473. The van der Waals surface area contributed by atoms with Gasteiger partial charge in [0.25, 0.3) is 5.91 Å². The highest BCUT2D eigenvalue weighted by Gasteiger charge is 2.49. The van der Waals surface area contributed by atoms with Crippen LogP contribution in [-0.2, 0) is 11.2 Å². The molecule has 2 rings (SSSR count). The van der Waals surface area contributed by atoms with Gasteiger partial charge in [0.05, 0.1) is 6.10 Å². The van der Waals surface area contributed by atoms with E-state index in [2.05, 4.69) is 34.3 Å². The van der Waals surface area contributed by atoms with Crippen molar-refractivity contribution in [1.82, 2.24) is 20.5 Å². The van der Waals surface area contributed by atoms with Gasteiger partial charge in [0.2, 0.25) is 5.82 Å². The number of hydrogen-bond acceptors (Lipinski definition) is 4. The molecule has 1 aromatic rings. The first kappa shape index (κ1) is 13.0. The molecule has 1 fully saturated rings. The third-order valence-electron chi connectivity index (χ3n) is 3.84. The molecule has 1 amide bonds.